The van der Waals surface area contributed by atoms with Crippen LogP contribution in [0.3, 0.4) is 0 Å². The molecule has 0 aliphatic heterocycles. The molecule has 0 saturated heterocycles. The smallest absolute Gasteiger partial charge is 0.257 e. The highest BCUT2D eigenvalue weighted by molar-refractivity contribution is 9.10. The van der Waals surface area contributed by atoms with Crippen LogP contribution in [-0.4, -0.2) is 10.9 Å². The summed E-state index contributed by atoms with van der Waals surface area (Å²) in [5.41, 5.74) is 3.09. The SMILES string of the molecule is O=C(Nc1ccc2oc(-c3cccc4c(Br)cccc34)nc2c1)c1ccc(Cl)cc1Cl. The van der Waals surface area contributed by atoms with Crippen LogP contribution in [-0.2, 0) is 0 Å². The summed E-state index contributed by atoms with van der Waals surface area (Å²) in [6.07, 6.45) is 0. The number of anilines is 1. The maximum absolute atomic E-state index is 12.6. The first-order valence-corrected chi connectivity index (χ1v) is 10.9. The Labute approximate surface area is 195 Å². The highest BCUT2D eigenvalue weighted by atomic mass is 79.9. The van der Waals surface area contributed by atoms with Crippen LogP contribution in [0.15, 0.2) is 81.7 Å². The fourth-order valence-corrected chi connectivity index (χ4v) is 4.44. The molecule has 1 amide bonds. The average molecular weight is 512 g/mol. The molecule has 4 aromatic carbocycles. The Morgan fingerprint density at radius 2 is 1.74 bits per heavy atom. The van der Waals surface area contributed by atoms with Crippen molar-refractivity contribution in [1.29, 1.82) is 0 Å². The molecule has 4 nitrogen and oxygen atoms in total. The summed E-state index contributed by atoms with van der Waals surface area (Å²) in [5, 5.41) is 5.72. The molecule has 31 heavy (non-hydrogen) atoms. The first kappa shape index (κ1) is 20.1. The van der Waals surface area contributed by atoms with E-state index in [1.165, 1.54) is 6.07 Å². The van der Waals surface area contributed by atoms with E-state index in [1.807, 2.05) is 36.4 Å². The van der Waals surface area contributed by atoms with Crippen LogP contribution >= 0.6 is 39.1 Å². The molecule has 0 saturated carbocycles. The zero-order chi connectivity index (χ0) is 21.5. The molecule has 0 aliphatic carbocycles. The molecule has 5 rings (SSSR count). The van der Waals surface area contributed by atoms with Gasteiger partial charge in [0.2, 0.25) is 5.89 Å². The molecular weight excluding hydrogens is 499 g/mol. The van der Waals surface area contributed by atoms with Crippen LogP contribution in [0.2, 0.25) is 10.0 Å². The van der Waals surface area contributed by atoms with Gasteiger partial charge < -0.3 is 9.73 Å². The molecule has 0 aliphatic rings. The standard InChI is InChI=1S/C24H13BrCl2N2O2/c25-19-6-2-3-15-16(19)4-1-5-17(15)24-29-21-12-14(8-10-22(21)31-24)28-23(30)18-9-7-13(26)11-20(18)27/h1-12H,(H,28,30). The van der Waals surface area contributed by atoms with E-state index in [-0.39, 0.29) is 10.9 Å². The lowest BCUT2D eigenvalue weighted by Gasteiger charge is -2.06. The third-order valence-electron chi connectivity index (χ3n) is 4.92. The first-order chi connectivity index (χ1) is 15.0. The number of rotatable bonds is 3. The van der Waals surface area contributed by atoms with Crippen molar-refractivity contribution in [2.45, 2.75) is 0 Å². The number of nitrogens with zero attached hydrogens (tertiary/aromatic N) is 1. The summed E-state index contributed by atoms with van der Waals surface area (Å²) >= 11 is 15.6. The number of oxazole rings is 1. The number of fused-ring (bicyclic) bond motifs is 2. The summed E-state index contributed by atoms with van der Waals surface area (Å²) in [6.45, 7) is 0. The van der Waals surface area contributed by atoms with Gasteiger partial charge in [0.05, 0.1) is 10.6 Å². The fourth-order valence-electron chi connectivity index (χ4n) is 3.45. The molecule has 0 radical (unpaired) electrons. The highest BCUT2D eigenvalue weighted by Crippen LogP contribution is 2.34. The van der Waals surface area contributed by atoms with E-state index in [9.17, 15) is 4.79 Å². The molecule has 152 valence electrons. The van der Waals surface area contributed by atoms with E-state index >= 15 is 0 Å². The number of halogens is 3. The quantitative estimate of drug-likeness (QED) is 0.267. The number of benzene rings is 4. The lowest BCUT2D eigenvalue weighted by molar-refractivity contribution is 0.102. The molecule has 0 fully saturated rings. The van der Waals surface area contributed by atoms with Gasteiger partial charge in [0, 0.05) is 20.7 Å². The Morgan fingerprint density at radius 3 is 2.58 bits per heavy atom. The number of amides is 1. The molecule has 0 atom stereocenters. The largest absolute Gasteiger partial charge is 0.436 e. The number of hydrogen-bond donors (Lipinski definition) is 1. The number of carbonyl (C=O) groups excluding carboxylic acids is 1. The minimum atomic E-state index is -0.330. The summed E-state index contributed by atoms with van der Waals surface area (Å²) in [5.74, 6) is 0.187. The predicted octanol–water partition coefficient (Wildman–Crippen LogP) is 7.97. The van der Waals surface area contributed by atoms with Crippen molar-refractivity contribution in [1.82, 2.24) is 4.98 Å². The van der Waals surface area contributed by atoms with Gasteiger partial charge in [-0.1, -0.05) is 63.4 Å². The first-order valence-electron chi connectivity index (χ1n) is 9.34. The fraction of sp³-hybridized carbons (Fsp3) is 0. The van der Waals surface area contributed by atoms with Gasteiger partial charge >= 0.3 is 0 Å². The molecule has 7 heteroatoms. The van der Waals surface area contributed by atoms with Crippen molar-refractivity contribution in [3.63, 3.8) is 0 Å². The summed E-state index contributed by atoms with van der Waals surface area (Å²) in [7, 11) is 0. The zero-order valence-electron chi connectivity index (χ0n) is 15.8. The van der Waals surface area contributed by atoms with Crippen molar-refractivity contribution in [3.8, 4) is 11.5 Å². The van der Waals surface area contributed by atoms with Crippen LogP contribution in [0.25, 0.3) is 33.3 Å². The maximum Gasteiger partial charge on any atom is 0.257 e. The molecule has 5 aromatic rings. The lowest BCUT2D eigenvalue weighted by Crippen LogP contribution is -2.12. The van der Waals surface area contributed by atoms with Gasteiger partial charge in [-0.05, 0) is 59.3 Å². The zero-order valence-corrected chi connectivity index (χ0v) is 18.9. The van der Waals surface area contributed by atoms with E-state index in [2.05, 4.69) is 26.2 Å². The second-order valence-electron chi connectivity index (χ2n) is 6.92. The number of hydrogen-bond acceptors (Lipinski definition) is 3. The van der Waals surface area contributed by atoms with Crippen molar-refractivity contribution in [3.05, 3.63) is 92.9 Å². The van der Waals surface area contributed by atoms with Crippen molar-refractivity contribution in [2.75, 3.05) is 5.32 Å². The third-order valence-corrected chi connectivity index (χ3v) is 6.16. The maximum atomic E-state index is 12.6. The summed E-state index contributed by atoms with van der Waals surface area (Å²) in [6, 6.07) is 22.1. The van der Waals surface area contributed by atoms with Crippen LogP contribution < -0.4 is 5.32 Å². The van der Waals surface area contributed by atoms with Crippen LogP contribution in [0.4, 0.5) is 5.69 Å². The molecule has 1 aromatic heterocycles. The van der Waals surface area contributed by atoms with E-state index < -0.39 is 0 Å². The Morgan fingerprint density at radius 1 is 0.935 bits per heavy atom. The van der Waals surface area contributed by atoms with E-state index in [1.54, 1.807) is 30.3 Å². The monoisotopic (exact) mass is 510 g/mol. The molecule has 1 heterocycles. The average Bonchev–Trinajstić information content (AvgIpc) is 3.17. The third kappa shape index (κ3) is 3.81. The highest BCUT2D eigenvalue weighted by Gasteiger charge is 2.15. The summed E-state index contributed by atoms with van der Waals surface area (Å²) < 4.78 is 7.01. The van der Waals surface area contributed by atoms with Gasteiger partial charge in [-0.15, -0.1) is 0 Å². The topological polar surface area (TPSA) is 55.1 Å². The van der Waals surface area contributed by atoms with Crippen molar-refractivity contribution >= 4 is 72.6 Å². The molecule has 0 spiro atoms. The van der Waals surface area contributed by atoms with E-state index in [4.69, 9.17) is 27.6 Å². The van der Waals surface area contributed by atoms with Crippen molar-refractivity contribution < 1.29 is 9.21 Å². The van der Waals surface area contributed by atoms with Gasteiger partial charge in [0.1, 0.15) is 5.52 Å². The van der Waals surface area contributed by atoms with Gasteiger partial charge in [-0.2, -0.15) is 0 Å². The molecule has 0 unspecified atom stereocenters. The number of carbonyl (C=O) groups is 1. The van der Waals surface area contributed by atoms with Gasteiger partial charge in [-0.3, -0.25) is 4.79 Å². The number of aromatic nitrogens is 1. The van der Waals surface area contributed by atoms with Gasteiger partial charge in [-0.25, -0.2) is 4.98 Å². The van der Waals surface area contributed by atoms with E-state index in [0.29, 0.717) is 33.3 Å². The Balaban J connectivity index is 1.50. The normalized spacial score (nSPS) is 11.2. The lowest BCUT2D eigenvalue weighted by atomic mass is 10.0. The van der Waals surface area contributed by atoms with E-state index in [0.717, 1.165) is 20.8 Å². The summed E-state index contributed by atoms with van der Waals surface area (Å²) in [4.78, 5) is 17.3. The number of nitrogens with one attached hydrogen (secondary N) is 1. The predicted molar refractivity (Wildman–Crippen MR) is 129 cm³/mol. The Kier molecular flexibility index (Phi) is 5.18. The minimum absolute atomic E-state index is 0.289. The molecule has 0 bridgehead atoms. The van der Waals surface area contributed by atoms with Crippen molar-refractivity contribution in [2.24, 2.45) is 0 Å². The van der Waals surface area contributed by atoms with Gasteiger partial charge in [0.25, 0.3) is 5.91 Å². The second-order valence-corrected chi connectivity index (χ2v) is 8.62. The Bertz CT molecular complexity index is 1480. The van der Waals surface area contributed by atoms with Gasteiger partial charge in [0.15, 0.2) is 5.58 Å². The second kappa shape index (κ2) is 8.00. The van der Waals surface area contributed by atoms with Crippen LogP contribution in [0, 0.1) is 0 Å². The molecular formula is C24H13BrCl2N2O2. The van der Waals surface area contributed by atoms with Crippen LogP contribution in [0.5, 0.6) is 0 Å². The van der Waals surface area contributed by atoms with Crippen LogP contribution in [0.1, 0.15) is 10.4 Å². The minimum Gasteiger partial charge on any atom is -0.436 e. The molecule has 1 N–H and O–H groups in total. The Hall–Kier alpha value is -2.86.